The second-order valence-corrected chi connectivity index (χ2v) is 8.41. The highest BCUT2D eigenvalue weighted by molar-refractivity contribution is 8.00. The van der Waals surface area contributed by atoms with E-state index < -0.39 is 5.97 Å². The molecule has 0 radical (unpaired) electrons. The lowest BCUT2D eigenvalue weighted by molar-refractivity contribution is -0.115. The molecular formula is C18H17N5O3S3. The van der Waals surface area contributed by atoms with Crippen LogP contribution in [-0.4, -0.2) is 40.3 Å². The van der Waals surface area contributed by atoms with E-state index in [4.69, 9.17) is 17.0 Å². The van der Waals surface area contributed by atoms with Crippen LogP contribution >= 0.6 is 34.9 Å². The molecule has 2 rings (SSSR count). The number of carbonyl (C=O) groups excluding carboxylic acids is 2. The summed E-state index contributed by atoms with van der Waals surface area (Å²) in [7, 11) is 0. The topological polar surface area (TPSA) is 123 Å². The minimum absolute atomic E-state index is 0.00740. The lowest BCUT2D eigenvalue weighted by atomic mass is 10.2. The third kappa shape index (κ3) is 5.26. The van der Waals surface area contributed by atoms with Crippen molar-refractivity contribution in [2.75, 3.05) is 24.3 Å². The smallest absolute Gasteiger partial charge is 0.347 e. The van der Waals surface area contributed by atoms with Gasteiger partial charge in [0.05, 0.1) is 18.9 Å². The van der Waals surface area contributed by atoms with Gasteiger partial charge in [-0.15, -0.1) is 23.1 Å². The highest BCUT2D eigenvalue weighted by Crippen LogP contribution is 2.36. The molecule has 0 aliphatic rings. The third-order valence-electron chi connectivity index (χ3n) is 3.65. The summed E-state index contributed by atoms with van der Waals surface area (Å²) in [6.07, 6.45) is 1.78. The van der Waals surface area contributed by atoms with Crippen molar-refractivity contribution in [1.29, 1.82) is 5.26 Å². The van der Waals surface area contributed by atoms with Crippen LogP contribution in [0.4, 0.5) is 11.6 Å². The van der Waals surface area contributed by atoms with Gasteiger partial charge in [-0.1, -0.05) is 11.8 Å². The van der Waals surface area contributed by atoms with Crippen LogP contribution in [-0.2, 0) is 16.0 Å². The van der Waals surface area contributed by atoms with Gasteiger partial charge in [0.1, 0.15) is 32.3 Å². The first-order chi connectivity index (χ1) is 13.9. The molecule has 2 aromatic rings. The first kappa shape index (κ1) is 22.7. The monoisotopic (exact) mass is 447 g/mol. The lowest BCUT2D eigenvalue weighted by Gasteiger charge is -2.07. The van der Waals surface area contributed by atoms with E-state index in [9.17, 15) is 14.9 Å². The molecule has 29 heavy (non-hydrogen) atoms. The van der Waals surface area contributed by atoms with Crippen LogP contribution in [0.25, 0.3) is 4.85 Å². The van der Waals surface area contributed by atoms with E-state index in [1.807, 2.05) is 6.07 Å². The van der Waals surface area contributed by atoms with E-state index in [-0.39, 0.29) is 36.1 Å². The van der Waals surface area contributed by atoms with E-state index in [0.29, 0.717) is 31.1 Å². The quantitative estimate of drug-likeness (QED) is 0.279. The number of ether oxygens (including phenoxy) is 1. The van der Waals surface area contributed by atoms with Crippen LogP contribution in [0.15, 0.2) is 10.1 Å². The number of nitrogens with two attached hydrogens (primary N) is 1. The minimum Gasteiger partial charge on any atom is -0.462 e. The first-order valence-electron chi connectivity index (χ1n) is 8.29. The zero-order chi connectivity index (χ0) is 21.6. The highest BCUT2D eigenvalue weighted by atomic mass is 32.2. The molecule has 0 atom stereocenters. The molecule has 0 unspecified atom stereocenters. The van der Waals surface area contributed by atoms with E-state index in [1.54, 1.807) is 20.1 Å². The second-order valence-electron chi connectivity index (χ2n) is 5.55. The SMILES string of the molecule is [C-]#[N+]c1c(CC(=O)CSc2nc(N)nc(SC)c2C#N)sc(C(=O)OCC)c1C. The van der Waals surface area contributed by atoms with Crippen molar-refractivity contribution < 1.29 is 14.3 Å². The number of aromatic nitrogens is 2. The summed E-state index contributed by atoms with van der Waals surface area (Å²) < 4.78 is 5.01. The Labute approximate surface area is 180 Å². The number of nitriles is 1. The van der Waals surface area contributed by atoms with E-state index in [0.717, 1.165) is 23.1 Å². The van der Waals surface area contributed by atoms with Gasteiger partial charge in [0.25, 0.3) is 0 Å². The van der Waals surface area contributed by atoms with Crippen LogP contribution in [0.3, 0.4) is 0 Å². The molecule has 0 saturated heterocycles. The summed E-state index contributed by atoms with van der Waals surface area (Å²) in [6, 6.07) is 2.05. The van der Waals surface area contributed by atoms with Crippen molar-refractivity contribution in [2.45, 2.75) is 30.3 Å². The number of hydrogen-bond acceptors (Lipinski definition) is 10. The van der Waals surface area contributed by atoms with Crippen LogP contribution in [0, 0.1) is 24.8 Å². The zero-order valence-corrected chi connectivity index (χ0v) is 18.4. The third-order valence-corrected chi connectivity index (χ3v) is 6.63. The molecule has 2 N–H and O–H groups in total. The molecule has 2 heterocycles. The van der Waals surface area contributed by atoms with Crippen molar-refractivity contribution >= 4 is 58.2 Å². The number of hydrogen-bond donors (Lipinski definition) is 1. The van der Waals surface area contributed by atoms with Crippen molar-refractivity contribution in [3.05, 3.63) is 32.3 Å². The number of nitrogens with zero attached hydrogens (tertiary/aromatic N) is 4. The maximum atomic E-state index is 12.5. The van der Waals surface area contributed by atoms with Crippen molar-refractivity contribution in [1.82, 2.24) is 9.97 Å². The number of esters is 1. The molecular weight excluding hydrogens is 430 g/mol. The van der Waals surface area contributed by atoms with Crippen LogP contribution in [0.1, 0.15) is 32.6 Å². The van der Waals surface area contributed by atoms with Crippen LogP contribution in [0.2, 0.25) is 0 Å². The Morgan fingerprint density at radius 1 is 1.38 bits per heavy atom. The Hall–Kier alpha value is -2.60. The van der Waals surface area contributed by atoms with Crippen LogP contribution in [0.5, 0.6) is 0 Å². The number of carbonyl (C=O) groups is 2. The maximum absolute atomic E-state index is 12.5. The predicted molar refractivity (Wildman–Crippen MR) is 114 cm³/mol. The molecule has 0 amide bonds. The number of rotatable bonds is 8. The molecule has 0 aromatic carbocycles. The van der Waals surface area contributed by atoms with Gasteiger partial charge < -0.3 is 10.5 Å². The second kappa shape index (κ2) is 10.3. The summed E-state index contributed by atoms with van der Waals surface area (Å²) in [5, 5.41) is 10.2. The molecule has 11 heteroatoms. The summed E-state index contributed by atoms with van der Waals surface area (Å²) in [5.41, 5.74) is 6.80. The van der Waals surface area contributed by atoms with Crippen LogP contribution < -0.4 is 5.73 Å². The summed E-state index contributed by atoms with van der Waals surface area (Å²) in [6.45, 7) is 11.0. The Bertz CT molecular complexity index is 1040. The molecule has 0 bridgehead atoms. The summed E-state index contributed by atoms with van der Waals surface area (Å²) in [4.78, 5) is 37.0. The van der Waals surface area contributed by atoms with Crippen molar-refractivity contribution in [3.63, 3.8) is 0 Å². The first-order valence-corrected chi connectivity index (χ1v) is 11.3. The van der Waals surface area contributed by atoms with Gasteiger partial charge in [-0.3, -0.25) is 4.79 Å². The Morgan fingerprint density at radius 2 is 2.07 bits per heavy atom. The molecule has 0 aliphatic heterocycles. The van der Waals surface area contributed by atoms with E-state index >= 15 is 0 Å². The fourth-order valence-electron chi connectivity index (χ4n) is 2.39. The molecule has 150 valence electrons. The van der Waals surface area contributed by atoms with Gasteiger partial charge in [-0.25, -0.2) is 19.6 Å². The average Bonchev–Trinajstić information content (AvgIpc) is 3.00. The van der Waals surface area contributed by atoms with Gasteiger partial charge in [-0.2, -0.15) is 5.26 Å². The fourth-order valence-corrected chi connectivity index (χ4v) is 4.99. The standard InChI is InChI=1S/C18H17N5O3S3/c1-5-26-17(25)14-9(2)13(21-3)12(29-14)6-10(24)8-28-16-11(7-19)15(27-4)22-18(20)23-16/h5-6,8H2,1-2,4H3,(H2,20,22,23). The predicted octanol–water partition coefficient (Wildman–Crippen LogP) is 3.65. The molecule has 0 aliphatic carbocycles. The Balaban J connectivity index is 2.18. The fraction of sp³-hybridized carbons (Fsp3) is 0.333. The largest absolute Gasteiger partial charge is 0.462 e. The number of ketones is 1. The molecule has 0 saturated carbocycles. The minimum atomic E-state index is -0.493. The van der Waals surface area contributed by atoms with E-state index in [2.05, 4.69) is 14.8 Å². The number of anilines is 1. The average molecular weight is 448 g/mol. The Kier molecular flexibility index (Phi) is 8.02. The molecule has 0 spiro atoms. The normalized spacial score (nSPS) is 10.2. The maximum Gasteiger partial charge on any atom is 0.347 e. The number of thiophene rings is 1. The lowest BCUT2D eigenvalue weighted by Crippen LogP contribution is -2.07. The zero-order valence-electron chi connectivity index (χ0n) is 15.9. The Morgan fingerprint density at radius 3 is 2.66 bits per heavy atom. The van der Waals surface area contributed by atoms with Gasteiger partial charge >= 0.3 is 5.97 Å². The number of thioether (sulfide) groups is 2. The number of Topliss-reactive ketones (excluding diaryl/α,β-unsaturated/α-hetero) is 1. The molecule has 8 nitrogen and oxygen atoms in total. The summed E-state index contributed by atoms with van der Waals surface area (Å²) in [5.74, 6) is -0.579. The van der Waals surface area contributed by atoms with Gasteiger partial charge in [0, 0.05) is 11.3 Å². The van der Waals surface area contributed by atoms with Crippen molar-refractivity contribution in [3.8, 4) is 6.07 Å². The summed E-state index contributed by atoms with van der Waals surface area (Å²) >= 11 is 3.48. The number of nitrogen functional groups attached to an aromatic ring is 1. The van der Waals surface area contributed by atoms with Gasteiger partial charge in [-0.05, 0) is 25.7 Å². The van der Waals surface area contributed by atoms with Gasteiger partial charge in [0.2, 0.25) is 11.6 Å². The molecule has 2 aromatic heterocycles. The van der Waals surface area contributed by atoms with Crippen molar-refractivity contribution in [2.24, 2.45) is 0 Å². The molecule has 0 fully saturated rings. The highest BCUT2D eigenvalue weighted by Gasteiger charge is 2.23. The van der Waals surface area contributed by atoms with E-state index in [1.165, 1.54) is 11.8 Å². The van der Waals surface area contributed by atoms with Gasteiger partial charge in [0.15, 0.2) is 0 Å².